The number of aromatic carboxylic acids is 1. The minimum atomic E-state index is -1.35. The summed E-state index contributed by atoms with van der Waals surface area (Å²) in [6.07, 6.45) is 0.858. The van der Waals surface area contributed by atoms with Crippen molar-refractivity contribution in [3.8, 4) is 0 Å². The number of carbonyl (C=O) groups is 3. The fraction of sp³-hybridized carbons (Fsp3) is 0.320. The lowest BCUT2D eigenvalue weighted by molar-refractivity contribution is 0.0431. The molecule has 0 atom stereocenters. The number of aromatic nitrogens is 1. The van der Waals surface area contributed by atoms with E-state index in [1.54, 1.807) is 59.8 Å². The van der Waals surface area contributed by atoms with Crippen molar-refractivity contribution >= 4 is 47.0 Å². The Kier molecular flexibility index (Phi) is 7.61. The molecule has 0 saturated carbocycles. The monoisotopic (exact) mass is 467 g/mol. The van der Waals surface area contributed by atoms with Crippen LogP contribution in [0.2, 0.25) is 0 Å². The van der Waals surface area contributed by atoms with Crippen molar-refractivity contribution in [1.82, 2.24) is 4.98 Å². The Morgan fingerprint density at radius 1 is 1.00 bits per heavy atom. The van der Waals surface area contributed by atoms with Crippen LogP contribution >= 0.6 is 0 Å². The summed E-state index contributed by atoms with van der Waals surface area (Å²) in [6, 6.07) is 5.90. The third kappa shape index (κ3) is 6.28. The maximum atomic E-state index is 13.2. The molecule has 0 spiro atoms. The molecule has 1 heterocycles. The lowest BCUT2D eigenvalue weighted by Gasteiger charge is -2.29. The maximum absolute atomic E-state index is 13.2. The van der Waals surface area contributed by atoms with Crippen LogP contribution in [0, 0.1) is 0 Å². The molecule has 1 N–H and O–H groups in total. The number of rotatable bonds is 5. The summed E-state index contributed by atoms with van der Waals surface area (Å²) in [5, 5.41) is 10.1. The van der Waals surface area contributed by atoms with Gasteiger partial charge in [-0.05, 0) is 72.5 Å². The zero-order valence-electron chi connectivity index (χ0n) is 20.2. The number of aliphatic imine (C=N–C) groups is 1. The Morgan fingerprint density at radius 3 is 2.00 bits per heavy atom. The van der Waals surface area contributed by atoms with E-state index < -0.39 is 29.4 Å². The van der Waals surface area contributed by atoms with Gasteiger partial charge in [0.05, 0.1) is 22.5 Å². The van der Waals surface area contributed by atoms with E-state index in [1.807, 2.05) is 0 Å². The third-order valence-corrected chi connectivity index (χ3v) is 4.20. The molecule has 1 aromatic carbocycles. The standard InChI is InChI=1S/C25H29N3O6/c1-9-15(14-26-8)18-12-10-16-19(27-18)13-11-17(21(29)30)20(16)28(22(31)33-24(2,3)4)23(32)34-25(5,6)7/h9-14H,1,8H2,2-7H3,(H,29,30)/b15-14+. The minimum absolute atomic E-state index is 0.210. The highest BCUT2D eigenvalue weighted by molar-refractivity contribution is 6.19. The van der Waals surface area contributed by atoms with Crippen LogP contribution in [0.1, 0.15) is 57.6 Å². The van der Waals surface area contributed by atoms with E-state index in [-0.39, 0.29) is 16.6 Å². The number of hydrogen-bond acceptors (Lipinski definition) is 7. The first kappa shape index (κ1) is 26.2. The second-order valence-electron chi connectivity index (χ2n) is 9.30. The number of nitrogens with zero attached hydrogens (tertiary/aromatic N) is 3. The number of carbonyl (C=O) groups excluding carboxylic acids is 2. The molecular formula is C25H29N3O6. The predicted octanol–water partition coefficient (Wildman–Crippen LogP) is 5.84. The molecule has 2 aromatic rings. The molecule has 0 aliphatic rings. The summed E-state index contributed by atoms with van der Waals surface area (Å²) in [6.45, 7) is 16.9. The van der Waals surface area contributed by atoms with Crippen molar-refractivity contribution in [3.63, 3.8) is 0 Å². The van der Waals surface area contributed by atoms with E-state index >= 15 is 0 Å². The zero-order chi connectivity index (χ0) is 25.8. The second kappa shape index (κ2) is 9.86. The van der Waals surface area contributed by atoms with Gasteiger partial charge in [0.1, 0.15) is 11.2 Å². The number of carboxylic acid groups (broad SMARTS) is 1. The second-order valence-corrected chi connectivity index (χ2v) is 9.30. The molecule has 1 aromatic heterocycles. The zero-order valence-corrected chi connectivity index (χ0v) is 20.2. The molecule has 0 unspecified atom stereocenters. The normalized spacial score (nSPS) is 12.1. The van der Waals surface area contributed by atoms with Crippen LogP contribution in [0.5, 0.6) is 0 Å². The Labute approximate surface area is 198 Å². The first-order valence-corrected chi connectivity index (χ1v) is 10.4. The number of amides is 2. The minimum Gasteiger partial charge on any atom is -0.478 e. The van der Waals surface area contributed by atoms with Crippen LogP contribution in [0.4, 0.5) is 15.3 Å². The van der Waals surface area contributed by atoms with Crippen LogP contribution in [-0.2, 0) is 9.47 Å². The van der Waals surface area contributed by atoms with Crippen molar-refractivity contribution in [3.05, 3.63) is 54.4 Å². The molecule has 0 aliphatic carbocycles. The van der Waals surface area contributed by atoms with Crippen LogP contribution in [-0.4, -0.2) is 46.2 Å². The molecule has 0 saturated heterocycles. The van der Waals surface area contributed by atoms with Gasteiger partial charge in [-0.3, -0.25) is 4.99 Å². The van der Waals surface area contributed by atoms with E-state index in [9.17, 15) is 19.5 Å². The largest absolute Gasteiger partial charge is 0.478 e. The molecule has 180 valence electrons. The van der Waals surface area contributed by atoms with Gasteiger partial charge < -0.3 is 14.6 Å². The molecular weight excluding hydrogens is 438 g/mol. The number of carboxylic acids is 1. The lowest BCUT2D eigenvalue weighted by atomic mass is 10.0. The number of benzene rings is 1. The summed E-state index contributed by atoms with van der Waals surface area (Å²) in [4.78, 5) is 47.3. The molecule has 0 radical (unpaired) electrons. The maximum Gasteiger partial charge on any atom is 0.424 e. The van der Waals surface area contributed by atoms with Crippen molar-refractivity contribution in [2.45, 2.75) is 52.7 Å². The third-order valence-electron chi connectivity index (χ3n) is 4.20. The Hall–Kier alpha value is -4.01. The smallest absolute Gasteiger partial charge is 0.424 e. The van der Waals surface area contributed by atoms with E-state index in [0.29, 0.717) is 21.7 Å². The number of imide groups is 1. The van der Waals surface area contributed by atoms with Gasteiger partial charge >= 0.3 is 18.2 Å². The Morgan fingerprint density at radius 2 is 1.56 bits per heavy atom. The van der Waals surface area contributed by atoms with Crippen molar-refractivity contribution in [1.29, 1.82) is 0 Å². The van der Waals surface area contributed by atoms with Crippen molar-refractivity contribution in [2.75, 3.05) is 4.90 Å². The highest BCUT2D eigenvalue weighted by Gasteiger charge is 2.36. The molecule has 0 aliphatic heterocycles. The summed E-state index contributed by atoms with van der Waals surface area (Å²) in [5.41, 5.74) is -1.03. The number of anilines is 1. The fourth-order valence-corrected chi connectivity index (χ4v) is 2.96. The van der Waals surface area contributed by atoms with E-state index in [2.05, 4.69) is 23.3 Å². The van der Waals surface area contributed by atoms with Gasteiger partial charge in [-0.1, -0.05) is 12.7 Å². The lowest BCUT2D eigenvalue weighted by Crippen LogP contribution is -2.44. The van der Waals surface area contributed by atoms with E-state index in [1.165, 1.54) is 18.3 Å². The molecule has 0 bridgehead atoms. The quantitative estimate of drug-likeness (QED) is 0.433. The fourth-order valence-electron chi connectivity index (χ4n) is 2.96. The Balaban J connectivity index is 2.86. The summed E-state index contributed by atoms with van der Waals surface area (Å²) < 4.78 is 10.8. The van der Waals surface area contributed by atoms with Gasteiger partial charge in [0.25, 0.3) is 0 Å². The molecule has 0 fully saturated rings. The number of fused-ring (bicyclic) bond motifs is 1. The number of allylic oxidation sites excluding steroid dienone is 2. The molecule has 2 rings (SSSR count). The number of hydrogen-bond donors (Lipinski definition) is 1. The van der Waals surface area contributed by atoms with Gasteiger partial charge in [-0.2, -0.15) is 4.90 Å². The molecule has 9 heteroatoms. The van der Waals surface area contributed by atoms with Crippen LogP contribution in [0.25, 0.3) is 16.5 Å². The summed E-state index contributed by atoms with van der Waals surface area (Å²) in [7, 11) is 0. The van der Waals surface area contributed by atoms with E-state index in [4.69, 9.17) is 9.47 Å². The van der Waals surface area contributed by atoms with E-state index in [0.717, 1.165) is 0 Å². The van der Waals surface area contributed by atoms with Gasteiger partial charge in [-0.25, -0.2) is 19.4 Å². The SMILES string of the molecule is C=C/C(=C\N=C)c1ccc2c(N(C(=O)OC(C)(C)C)C(=O)OC(C)(C)C)c(C(=O)O)ccc2n1. The highest BCUT2D eigenvalue weighted by atomic mass is 16.6. The molecule has 2 amide bonds. The molecule has 9 nitrogen and oxygen atoms in total. The van der Waals surface area contributed by atoms with Gasteiger partial charge in [0, 0.05) is 17.2 Å². The average Bonchev–Trinajstić information content (AvgIpc) is 2.68. The van der Waals surface area contributed by atoms with Gasteiger partial charge in [0.2, 0.25) is 0 Å². The average molecular weight is 468 g/mol. The first-order chi connectivity index (χ1) is 15.7. The number of ether oxygens (including phenoxy) is 2. The Bertz CT molecular complexity index is 1160. The van der Waals surface area contributed by atoms with Gasteiger partial charge in [0.15, 0.2) is 0 Å². The van der Waals surface area contributed by atoms with Gasteiger partial charge in [-0.15, -0.1) is 0 Å². The number of pyridine rings is 1. The van der Waals surface area contributed by atoms with Crippen molar-refractivity contribution in [2.24, 2.45) is 4.99 Å². The van der Waals surface area contributed by atoms with Crippen LogP contribution in [0.15, 0.2) is 48.1 Å². The van der Waals surface area contributed by atoms with Crippen LogP contribution < -0.4 is 4.90 Å². The summed E-state index contributed by atoms with van der Waals surface area (Å²) >= 11 is 0. The molecule has 34 heavy (non-hydrogen) atoms. The highest BCUT2D eigenvalue weighted by Crippen LogP contribution is 2.34. The van der Waals surface area contributed by atoms with Crippen LogP contribution in [0.3, 0.4) is 0 Å². The predicted molar refractivity (Wildman–Crippen MR) is 131 cm³/mol. The topological polar surface area (TPSA) is 118 Å². The first-order valence-electron chi connectivity index (χ1n) is 10.4. The van der Waals surface area contributed by atoms with Crippen molar-refractivity contribution < 1.29 is 29.0 Å². The summed E-state index contributed by atoms with van der Waals surface area (Å²) in [5.74, 6) is -1.35.